The molecular formula is C15H27N3O2. The maximum Gasteiger partial charge on any atom is 0.161 e. The highest BCUT2D eigenvalue weighted by molar-refractivity contribution is 5.29. The molecule has 1 aromatic rings. The van der Waals surface area contributed by atoms with Crippen LogP contribution in [0.5, 0.6) is 5.75 Å². The Hall–Kier alpha value is -1.07. The Kier molecular flexibility index (Phi) is 5.86. The number of aryl methyl sites for hydroxylation is 1. The van der Waals surface area contributed by atoms with E-state index in [1.54, 1.807) is 7.11 Å². The van der Waals surface area contributed by atoms with Crippen molar-refractivity contribution in [1.29, 1.82) is 0 Å². The molecular weight excluding hydrogens is 254 g/mol. The van der Waals surface area contributed by atoms with Gasteiger partial charge in [0.25, 0.3) is 0 Å². The second-order valence-corrected chi connectivity index (χ2v) is 5.30. The zero-order valence-electron chi connectivity index (χ0n) is 12.9. The number of nitrogens with one attached hydrogen (secondary N) is 1. The van der Waals surface area contributed by atoms with Gasteiger partial charge in [0.2, 0.25) is 0 Å². The molecule has 0 bridgehead atoms. The third-order valence-electron chi connectivity index (χ3n) is 4.01. The predicted molar refractivity (Wildman–Crippen MR) is 79.0 cm³/mol. The highest BCUT2D eigenvalue weighted by Crippen LogP contribution is 2.35. The monoisotopic (exact) mass is 281 g/mol. The van der Waals surface area contributed by atoms with E-state index in [2.05, 4.69) is 28.9 Å². The molecule has 1 fully saturated rings. The minimum atomic E-state index is 0.302. The summed E-state index contributed by atoms with van der Waals surface area (Å²) < 4.78 is 13.1. The van der Waals surface area contributed by atoms with Crippen molar-refractivity contribution < 1.29 is 9.47 Å². The van der Waals surface area contributed by atoms with Gasteiger partial charge in [0.15, 0.2) is 5.75 Å². The van der Waals surface area contributed by atoms with E-state index in [4.69, 9.17) is 9.47 Å². The fourth-order valence-electron chi connectivity index (χ4n) is 2.94. The molecule has 2 heterocycles. The zero-order chi connectivity index (χ0) is 14.4. The Bertz CT molecular complexity index is 378. The quantitative estimate of drug-likeness (QED) is 0.833. The van der Waals surface area contributed by atoms with Gasteiger partial charge in [-0.2, -0.15) is 5.10 Å². The van der Waals surface area contributed by atoms with Crippen LogP contribution in [0.15, 0.2) is 6.20 Å². The van der Waals surface area contributed by atoms with Gasteiger partial charge in [-0.15, -0.1) is 0 Å². The third-order valence-corrected chi connectivity index (χ3v) is 4.01. The summed E-state index contributed by atoms with van der Waals surface area (Å²) >= 11 is 0. The lowest BCUT2D eigenvalue weighted by Gasteiger charge is -2.31. The topological polar surface area (TPSA) is 48.3 Å². The first-order valence-electron chi connectivity index (χ1n) is 7.72. The standard InChI is InChI=1S/C15H27N3O2/c1-4-8-16-14(12-6-9-20-10-7-12)15-13(19-3)11-17-18(15)5-2/h11-12,14,16H,4-10H2,1-3H3. The van der Waals surface area contributed by atoms with Crippen LogP contribution in [-0.4, -0.2) is 36.6 Å². The molecule has 0 spiro atoms. The average molecular weight is 281 g/mol. The van der Waals surface area contributed by atoms with Crippen LogP contribution in [0.2, 0.25) is 0 Å². The van der Waals surface area contributed by atoms with Crippen molar-refractivity contribution in [2.24, 2.45) is 5.92 Å². The molecule has 1 N–H and O–H groups in total. The minimum absolute atomic E-state index is 0.302. The molecule has 2 rings (SSSR count). The normalized spacial score (nSPS) is 18.1. The van der Waals surface area contributed by atoms with Crippen LogP contribution in [0.1, 0.15) is 44.8 Å². The summed E-state index contributed by atoms with van der Waals surface area (Å²) in [6.07, 6.45) is 5.15. The first kappa shape index (κ1) is 15.3. The number of hydrogen-bond acceptors (Lipinski definition) is 4. The van der Waals surface area contributed by atoms with Gasteiger partial charge in [-0.1, -0.05) is 6.92 Å². The summed E-state index contributed by atoms with van der Waals surface area (Å²) in [6, 6.07) is 0.302. The second kappa shape index (κ2) is 7.64. The summed E-state index contributed by atoms with van der Waals surface area (Å²) in [5.74, 6) is 1.48. The van der Waals surface area contributed by atoms with E-state index in [-0.39, 0.29) is 0 Å². The number of aromatic nitrogens is 2. The molecule has 0 aromatic carbocycles. The first-order valence-corrected chi connectivity index (χ1v) is 7.72. The Balaban J connectivity index is 2.26. The summed E-state index contributed by atoms with van der Waals surface area (Å²) in [4.78, 5) is 0. The molecule has 0 aliphatic carbocycles. The highest BCUT2D eigenvalue weighted by atomic mass is 16.5. The number of rotatable bonds is 7. The third kappa shape index (κ3) is 3.33. The molecule has 0 saturated carbocycles. The molecule has 20 heavy (non-hydrogen) atoms. The fraction of sp³-hybridized carbons (Fsp3) is 0.800. The molecule has 1 atom stereocenters. The Morgan fingerprint density at radius 2 is 2.20 bits per heavy atom. The highest BCUT2D eigenvalue weighted by Gasteiger charge is 2.30. The van der Waals surface area contributed by atoms with Gasteiger partial charge in [0.05, 0.1) is 25.0 Å². The van der Waals surface area contributed by atoms with E-state index in [9.17, 15) is 0 Å². The predicted octanol–water partition coefficient (Wildman–Crippen LogP) is 2.38. The first-order chi connectivity index (χ1) is 9.81. The van der Waals surface area contributed by atoms with E-state index in [0.717, 1.165) is 51.3 Å². The summed E-state index contributed by atoms with van der Waals surface area (Å²) in [5.41, 5.74) is 1.19. The molecule has 5 nitrogen and oxygen atoms in total. The number of ether oxygens (including phenoxy) is 2. The van der Waals surface area contributed by atoms with Gasteiger partial charge in [-0.3, -0.25) is 4.68 Å². The molecule has 1 aliphatic heterocycles. The van der Waals surface area contributed by atoms with Crippen molar-refractivity contribution >= 4 is 0 Å². The van der Waals surface area contributed by atoms with E-state index in [0.29, 0.717) is 12.0 Å². The molecule has 1 saturated heterocycles. The van der Waals surface area contributed by atoms with E-state index in [1.807, 2.05) is 6.20 Å². The van der Waals surface area contributed by atoms with Crippen LogP contribution < -0.4 is 10.1 Å². The number of methoxy groups -OCH3 is 1. The fourth-order valence-corrected chi connectivity index (χ4v) is 2.94. The smallest absolute Gasteiger partial charge is 0.161 e. The average Bonchev–Trinajstić information content (AvgIpc) is 2.92. The van der Waals surface area contributed by atoms with E-state index < -0.39 is 0 Å². The Morgan fingerprint density at radius 1 is 1.45 bits per heavy atom. The van der Waals surface area contributed by atoms with Crippen molar-refractivity contribution in [3.05, 3.63) is 11.9 Å². The van der Waals surface area contributed by atoms with Crippen LogP contribution >= 0.6 is 0 Å². The molecule has 0 radical (unpaired) electrons. The van der Waals surface area contributed by atoms with Crippen molar-refractivity contribution in [1.82, 2.24) is 15.1 Å². The molecule has 0 amide bonds. The molecule has 5 heteroatoms. The van der Waals surface area contributed by atoms with Gasteiger partial charge in [-0.05, 0) is 38.6 Å². The van der Waals surface area contributed by atoms with Crippen LogP contribution in [0, 0.1) is 5.92 Å². The van der Waals surface area contributed by atoms with Crippen molar-refractivity contribution in [2.75, 3.05) is 26.9 Å². The lowest BCUT2D eigenvalue weighted by Crippen LogP contribution is -2.34. The summed E-state index contributed by atoms with van der Waals surface area (Å²) in [6.45, 7) is 7.92. The van der Waals surface area contributed by atoms with E-state index >= 15 is 0 Å². The van der Waals surface area contributed by atoms with Gasteiger partial charge < -0.3 is 14.8 Å². The van der Waals surface area contributed by atoms with Crippen LogP contribution in [-0.2, 0) is 11.3 Å². The lowest BCUT2D eigenvalue weighted by atomic mass is 9.89. The largest absolute Gasteiger partial charge is 0.493 e. The maximum absolute atomic E-state index is 5.53. The molecule has 1 aliphatic rings. The zero-order valence-corrected chi connectivity index (χ0v) is 12.9. The summed E-state index contributed by atoms with van der Waals surface area (Å²) in [5, 5.41) is 8.14. The van der Waals surface area contributed by atoms with E-state index in [1.165, 1.54) is 5.69 Å². The molecule has 114 valence electrons. The van der Waals surface area contributed by atoms with Gasteiger partial charge in [0.1, 0.15) is 0 Å². The summed E-state index contributed by atoms with van der Waals surface area (Å²) in [7, 11) is 1.72. The van der Waals surface area contributed by atoms with Crippen LogP contribution in [0.25, 0.3) is 0 Å². The van der Waals surface area contributed by atoms with Gasteiger partial charge in [-0.25, -0.2) is 0 Å². The second-order valence-electron chi connectivity index (χ2n) is 5.30. The maximum atomic E-state index is 5.53. The van der Waals surface area contributed by atoms with Crippen molar-refractivity contribution in [3.63, 3.8) is 0 Å². The van der Waals surface area contributed by atoms with Crippen LogP contribution in [0.4, 0.5) is 0 Å². The minimum Gasteiger partial charge on any atom is -0.493 e. The van der Waals surface area contributed by atoms with Gasteiger partial charge >= 0.3 is 0 Å². The molecule has 1 unspecified atom stereocenters. The van der Waals surface area contributed by atoms with Gasteiger partial charge in [0, 0.05) is 19.8 Å². The lowest BCUT2D eigenvalue weighted by molar-refractivity contribution is 0.0521. The Labute approximate surface area is 121 Å². The Morgan fingerprint density at radius 3 is 2.80 bits per heavy atom. The van der Waals surface area contributed by atoms with Crippen molar-refractivity contribution in [2.45, 2.75) is 45.7 Å². The molecule has 1 aromatic heterocycles. The SMILES string of the molecule is CCCNC(c1c(OC)cnn1CC)C1CCOCC1. The van der Waals surface area contributed by atoms with Crippen LogP contribution in [0.3, 0.4) is 0 Å². The number of hydrogen-bond donors (Lipinski definition) is 1. The number of nitrogens with zero attached hydrogens (tertiary/aromatic N) is 2. The van der Waals surface area contributed by atoms with Crippen molar-refractivity contribution in [3.8, 4) is 5.75 Å².